The SMILES string of the molecule is COC(=O)c1nnn(Cc2cnc(C)s2)c1CCN. The Morgan fingerprint density at radius 2 is 2.37 bits per heavy atom. The lowest BCUT2D eigenvalue weighted by Gasteiger charge is -2.04. The first kappa shape index (κ1) is 13.6. The van der Waals surface area contributed by atoms with E-state index in [4.69, 9.17) is 5.73 Å². The number of ether oxygens (including phenoxy) is 1. The zero-order valence-corrected chi connectivity index (χ0v) is 11.6. The van der Waals surface area contributed by atoms with Gasteiger partial charge in [0.1, 0.15) is 0 Å². The fourth-order valence-corrected chi connectivity index (χ4v) is 2.50. The first-order valence-corrected chi connectivity index (χ1v) is 6.59. The molecule has 0 aliphatic rings. The van der Waals surface area contributed by atoms with Crippen molar-refractivity contribution in [1.82, 2.24) is 20.0 Å². The molecule has 2 heterocycles. The Morgan fingerprint density at radius 3 is 2.95 bits per heavy atom. The van der Waals surface area contributed by atoms with E-state index in [0.29, 0.717) is 25.2 Å². The van der Waals surface area contributed by atoms with Crippen LogP contribution < -0.4 is 5.73 Å². The van der Waals surface area contributed by atoms with Gasteiger partial charge in [-0.15, -0.1) is 16.4 Å². The summed E-state index contributed by atoms with van der Waals surface area (Å²) in [7, 11) is 1.32. The number of aromatic nitrogens is 4. The second-order valence-corrected chi connectivity index (χ2v) is 5.24. The molecule has 2 rings (SSSR count). The second-order valence-electron chi connectivity index (χ2n) is 3.92. The molecule has 0 bridgehead atoms. The highest BCUT2D eigenvalue weighted by atomic mass is 32.1. The van der Waals surface area contributed by atoms with Gasteiger partial charge in [-0.3, -0.25) is 0 Å². The van der Waals surface area contributed by atoms with E-state index in [1.807, 2.05) is 6.92 Å². The van der Waals surface area contributed by atoms with Gasteiger partial charge < -0.3 is 10.5 Å². The molecule has 0 amide bonds. The highest BCUT2D eigenvalue weighted by Crippen LogP contribution is 2.15. The highest BCUT2D eigenvalue weighted by molar-refractivity contribution is 7.11. The van der Waals surface area contributed by atoms with Crippen LogP contribution in [0.5, 0.6) is 0 Å². The third kappa shape index (κ3) is 2.96. The van der Waals surface area contributed by atoms with Gasteiger partial charge in [-0.25, -0.2) is 14.5 Å². The van der Waals surface area contributed by atoms with E-state index >= 15 is 0 Å². The van der Waals surface area contributed by atoms with Crippen LogP contribution in [-0.4, -0.2) is 39.6 Å². The van der Waals surface area contributed by atoms with Crippen molar-refractivity contribution in [3.8, 4) is 0 Å². The van der Waals surface area contributed by atoms with Crippen LogP contribution in [0.1, 0.15) is 26.1 Å². The molecule has 0 aromatic carbocycles. The van der Waals surface area contributed by atoms with Crippen molar-refractivity contribution in [1.29, 1.82) is 0 Å². The van der Waals surface area contributed by atoms with Crippen molar-refractivity contribution in [2.75, 3.05) is 13.7 Å². The van der Waals surface area contributed by atoms with Crippen molar-refractivity contribution >= 4 is 17.3 Å². The zero-order chi connectivity index (χ0) is 13.8. The number of rotatable bonds is 5. The molecule has 7 nitrogen and oxygen atoms in total. The van der Waals surface area contributed by atoms with Gasteiger partial charge in [-0.05, 0) is 13.5 Å². The number of methoxy groups -OCH3 is 1. The van der Waals surface area contributed by atoms with Crippen molar-refractivity contribution in [3.05, 3.63) is 27.5 Å². The monoisotopic (exact) mass is 281 g/mol. The number of nitrogens with zero attached hydrogens (tertiary/aromatic N) is 4. The van der Waals surface area contributed by atoms with Crippen LogP contribution in [-0.2, 0) is 17.7 Å². The summed E-state index contributed by atoms with van der Waals surface area (Å²) >= 11 is 1.59. The van der Waals surface area contributed by atoms with Crippen LogP contribution in [0, 0.1) is 6.92 Å². The molecule has 0 fully saturated rings. The molecule has 2 N–H and O–H groups in total. The minimum absolute atomic E-state index is 0.231. The fraction of sp³-hybridized carbons (Fsp3) is 0.455. The smallest absolute Gasteiger partial charge is 0.360 e. The number of hydrogen-bond acceptors (Lipinski definition) is 7. The molecule has 0 aliphatic carbocycles. The normalized spacial score (nSPS) is 10.7. The molecular weight excluding hydrogens is 266 g/mol. The summed E-state index contributed by atoms with van der Waals surface area (Å²) in [6, 6.07) is 0. The van der Waals surface area contributed by atoms with Crippen LogP contribution >= 0.6 is 11.3 Å². The largest absolute Gasteiger partial charge is 0.464 e. The quantitative estimate of drug-likeness (QED) is 0.796. The lowest BCUT2D eigenvalue weighted by atomic mass is 10.2. The Labute approximate surface area is 114 Å². The molecule has 0 unspecified atom stereocenters. The maximum absolute atomic E-state index is 11.6. The summed E-state index contributed by atoms with van der Waals surface area (Å²) in [5, 5.41) is 8.86. The molecular formula is C11H15N5O2S. The maximum atomic E-state index is 11.6. The molecule has 102 valence electrons. The second kappa shape index (κ2) is 5.89. The predicted octanol–water partition coefficient (Wildman–Crippen LogP) is 0.379. The average Bonchev–Trinajstić information content (AvgIpc) is 2.97. The number of carbonyl (C=O) groups is 1. The lowest BCUT2D eigenvalue weighted by Crippen LogP contribution is -2.14. The molecule has 0 radical (unpaired) electrons. The number of aryl methyl sites for hydroxylation is 1. The Bertz CT molecular complexity index is 577. The van der Waals surface area contributed by atoms with Crippen LogP contribution in [0.2, 0.25) is 0 Å². The Hall–Kier alpha value is -1.80. The van der Waals surface area contributed by atoms with Gasteiger partial charge >= 0.3 is 5.97 Å². The molecule has 0 atom stereocenters. The van der Waals surface area contributed by atoms with Gasteiger partial charge in [0.2, 0.25) is 0 Å². The van der Waals surface area contributed by atoms with Crippen LogP contribution in [0.15, 0.2) is 6.20 Å². The molecule has 2 aromatic heterocycles. The van der Waals surface area contributed by atoms with E-state index in [0.717, 1.165) is 9.88 Å². The third-order valence-corrected chi connectivity index (χ3v) is 3.47. The van der Waals surface area contributed by atoms with E-state index in [2.05, 4.69) is 20.0 Å². The predicted molar refractivity (Wildman–Crippen MR) is 70.1 cm³/mol. The first-order chi connectivity index (χ1) is 9.15. The Morgan fingerprint density at radius 1 is 1.58 bits per heavy atom. The van der Waals surface area contributed by atoms with Gasteiger partial charge in [-0.2, -0.15) is 0 Å². The average molecular weight is 281 g/mol. The first-order valence-electron chi connectivity index (χ1n) is 5.77. The molecule has 19 heavy (non-hydrogen) atoms. The zero-order valence-electron chi connectivity index (χ0n) is 10.8. The van der Waals surface area contributed by atoms with Crippen LogP contribution in [0.25, 0.3) is 0 Å². The van der Waals surface area contributed by atoms with Crippen LogP contribution in [0.4, 0.5) is 0 Å². The minimum atomic E-state index is -0.491. The van der Waals surface area contributed by atoms with Crippen molar-refractivity contribution in [2.24, 2.45) is 5.73 Å². The molecule has 0 saturated heterocycles. The van der Waals surface area contributed by atoms with Gasteiger partial charge in [0.25, 0.3) is 0 Å². The molecule has 0 saturated carbocycles. The Kier molecular flexibility index (Phi) is 4.23. The highest BCUT2D eigenvalue weighted by Gasteiger charge is 2.20. The number of esters is 1. The number of nitrogens with two attached hydrogens (primary N) is 1. The van der Waals surface area contributed by atoms with Crippen molar-refractivity contribution in [2.45, 2.75) is 19.9 Å². The number of thiazole rings is 1. The maximum Gasteiger partial charge on any atom is 0.360 e. The van der Waals surface area contributed by atoms with Crippen molar-refractivity contribution in [3.63, 3.8) is 0 Å². The molecule has 0 aliphatic heterocycles. The summed E-state index contributed by atoms with van der Waals surface area (Å²) in [6.07, 6.45) is 2.32. The van der Waals surface area contributed by atoms with E-state index in [-0.39, 0.29) is 5.69 Å². The third-order valence-electron chi connectivity index (χ3n) is 2.57. The molecule has 8 heteroatoms. The molecule has 2 aromatic rings. The fourth-order valence-electron chi connectivity index (χ4n) is 1.73. The standard InChI is InChI=1S/C11H15N5O2S/c1-7-13-5-8(19-7)6-16-9(3-4-12)10(14-15-16)11(17)18-2/h5H,3-4,6,12H2,1-2H3. The van der Waals surface area contributed by atoms with Gasteiger partial charge in [0, 0.05) is 17.5 Å². The summed E-state index contributed by atoms with van der Waals surface area (Å²) in [4.78, 5) is 16.8. The van der Waals surface area contributed by atoms with Gasteiger partial charge in [0.05, 0.1) is 24.4 Å². The van der Waals surface area contributed by atoms with Crippen molar-refractivity contribution < 1.29 is 9.53 Å². The lowest BCUT2D eigenvalue weighted by molar-refractivity contribution is 0.0592. The van der Waals surface area contributed by atoms with E-state index in [1.54, 1.807) is 22.2 Å². The number of hydrogen-bond donors (Lipinski definition) is 1. The number of carbonyl (C=O) groups excluding carboxylic acids is 1. The van der Waals surface area contributed by atoms with Gasteiger partial charge in [0.15, 0.2) is 5.69 Å². The Balaban J connectivity index is 2.29. The van der Waals surface area contributed by atoms with Gasteiger partial charge in [-0.1, -0.05) is 5.21 Å². The summed E-state index contributed by atoms with van der Waals surface area (Å²) in [5.74, 6) is -0.491. The summed E-state index contributed by atoms with van der Waals surface area (Å²) < 4.78 is 6.36. The summed E-state index contributed by atoms with van der Waals surface area (Å²) in [5.41, 5.74) is 6.49. The van der Waals surface area contributed by atoms with E-state index in [1.165, 1.54) is 7.11 Å². The summed E-state index contributed by atoms with van der Waals surface area (Å²) in [6.45, 7) is 2.89. The molecule has 0 spiro atoms. The van der Waals surface area contributed by atoms with E-state index in [9.17, 15) is 4.79 Å². The topological polar surface area (TPSA) is 95.9 Å². The van der Waals surface area contributed by atoms with E-state index < -0.39 is 5.97 Å². The minimum Gasteiger partial charge on any atom is -0.464 e. The van der Waals surface area contributed by atoms with Crippen LogP contribution in [0.3, 0.4) is 0 Å².